The topological polar surface area (TPSA) is 68.1 Å². The predicted octanol–water partition coefficient (Wildman–Crippen LogP) is 3.20. The zero-order valence-electron chi connectivity index (χ0n) is 12.1. The summed E-state index contributed by atoms with van der Waals surface area (Å²) < 4.78 is 1.22. The first-order valence-electron chi connectivity index (χ1n) is 6.81. The standard InChI is InChI=1S/C16H10Cl2N4O2/c17-13-5-1-11(2-6-13)15(23)22(21-9-19-20-10-21)16(24)12-3-7-14(18)8-4-12/h1-10H. The summed E-state index contributed by atoms with van der Waals surface area (Å²) in [7, 11) is 0. The van der Waals surface area contributed by atoms with Crippen molar-refractivity contribution in [2.45, 2.75) is 0 Å². The molecule has 3 rings (SSSR count). The Labute approximate surface area is 147 Å². The van der Waals surface area contributed by atoms with Crippen molar-refractivity contribution in [3.05, 3.63) is 82.4 Å². The molecule has 0 saturated carbocycles. The Morgan fingerprint density at radius 1 is 0.750 bits per heavy atom. The number of nitrogens with zero attached hydrogens (tertiary/aromatic N) is 4. The number of carbonyl (C=O) groups excluding carboxylic acids is 2. The summed E-state index contributed by atoms with van der Waals surface area (Å²) in [5, 5.41) is 9.22. The fraction of sp³-hybridized carbons (Fsp3) is 0. The highest BCUT2D eigenvalue weighted by Crippen LogP contribution is 2.15. The van der Waals surface area contributed by atoms with Crippen molar-refractivity contribution < 1.29 is 9.59 Å². The lowest BCUT2D eigenvalue weighted by atomic mass is 10.1. The fourth-order valence-electron chi connectivity index (χ4n) is 2.03. The molecule has 0 aliphatic heterocycles. The van der Waals surface area contributed by atoms with Crippen LogP contribution in [0.1, 0.15) is 20.7 Å². The van der Waals surface area contributed by atoms with Crippen LogP contribution in [-0.4, -0.2) is 26.7 Å². The first-order chi connectivity index (χ1) is 11.6. The lowest BCUT2D eigenvalue weighted by molar-refractivity contribution is 0.0856. The van der Waals surface area contributed by atoms with Gasteiger partial charge in [-0.2, -0.15) is 5.01 Å². The van der Waals surface area contributed by atoms with Crippen molar-refractivity contribution in [3.8, 4) is 0 Å². The van der Waals surface area contributed by atoms with Crippen molar-refractivity contribution in [1.82, 2.24) is 14.9 Å². The van der Waals surface area contributed by atoms with Gasteiger partial charge in [0.15, 0.2) is 0 Å². The minimum absolute atomic E-state index is 0.301. The normalized spacial score (nSPS) is 10.4. The Morgan fingerprint density at radius 3 is 1.50 bits per heavy atom. The van der Waals surface area contributed by atoms with Crippen LogP contribution in [-0.2, 0) is 0 Å². The molecule has 0 spiro atoms. The Kier molecular flexibility index (Phi) is 4.59. The molecule has 24 heavy (non-hydrogen) atoms. The highest BCUT2D eigenvalue weighted by Gasteiger charge is 2.26. The lowest BCUT2D eigenvalue weighted by Crippen LogP contribution is -2.44. The van der Waals surface area contributed by atoms with Crippen LogP contribution >= 0.6 is 23.2 Å². The molecule has 0 saturated heterocycles. The third kappa shape index (κ3) is 3.29. The Bertz CT molecular complexity index is 805. The van der Waals surface area contributed by atoms with Crippen LogP contribution in [0.15, 0.2) is 61.2 Å². The van der Waals surface area contributed by atoms with Crippen molar-refractivity contribution in [2.24, 2.45) is 0 Å². The highest BCUT2D eigenvalue weighted by atomic mass is 35.5. The molecule has 120 valence electrons. The fourth-order valence-corrected chi connectivity index (χ4v) is 2.28. The predicted molar refractivity (Wildman–Crippen MR) is 89.8 cm³/mol. The number of hydrogen-bond acceptors (Lipinski definition) is 4. The maximum Gasteiger partial charge on any atom is 0.280 e. The molecule has 1 heterocycles. The number of carbonyl (C=O) groups is 2. The van der Waals surface area contributed by atoms with Gasteiger partial charge in [0.2, 0.25) is 0 Å². The Morgan fingerprint density at radius 2 is 1.12 bits per heavy atom. The number of halogens is 2. The molecular weight excluding hydrogens is 351 g/mol. The van der Waals surface area contributed by atoms with E-state index in [-0.39, 0.29) is 0 Å². The Hall–Kier alpha value is -2.70. The first-order valence-corrected chi connectivity index (χ1v) is 7.56. The molecule has 0 unspecified atom stereocenters. The highest BCUT2D eigenvalue weighted by molar-refractivity contribution is 6.31. The van der Waals surface area contributed by atoms with E-state index in [1.807, 2.05) is 0 Å². The number of imide groups is 1. The summed E-state index contributed by atoms with van der Waals surface area (Å²) in [4.78, 5) is 25.6. The van der Waals surface area contributed by atoms with Crippen molar-refractivity contribution in [1.29, 1.82) is 0 Å². The van der Waals surface area contributed by atoms with Crippen LogP contribution in [0.4, 0.5) is 0 Å². The van der Waals surface area contributed by atoms with E-state index in [0.29, 0.717) is 21.2 Å². The second-order valence-corrected chi connectivity index (χ2v) is 5.65. The van der Waals surface area contributed by atoms with Gasteiger partial charge in [-0.05, 0) is 48.5 Å². The summed E-state index contributed by atoms with van der Waals surface area (Å²) in [6.07, 6.45) is 2.53. The molecule has 0 aliphatic rings. The van der Waals surface area contributed by atoms with Gasteiger partial charge < -0.3 is 0 Å². The SMILES string of the molecule is O=C(c1ccc(Cl)cc1)N(C(=O)c1ccc(Cl)cc1)n1cnnc1. The molecule has 0 aliphatic carbocycles. The minimum Gasteiger partial charge on any atom is -0.267 e. The molecule has 0 N–H and O–H groups in total. The van der Waals surface area contributed by atoms with Gasteiger partial charge in [0.05, 0.1) is 0 Å². The number of rotatable bonds is 3. The van der Waals surface area contributed by atoms with E-state index < -0.39 is 11.8 Å². The quantitative estimate of drug-likeness (QED) is 0.672. The van der Waals surface area contributed by atoms with E-state index in [1.54, 1.807) is 24.3 Å². The molecule has 0 bridgehead atoms. The van der Waals surface area contributed by atoms with Gasteiger partial charge in [0, 0.05) is 21.2 Å². The number of hydrogen-bond donors (Lipinski definition) is 0. The maximum atomic E-state index is 12.8. The second kappa shape index (κ2) is 6.82. The molecule has 8 heteroatoms. The molecule has 0 atom stereocenters. The van der Waals surface area contributed by atoms with E-state index in [0.717, 1.165) is 5.01 Å². The summed E-state index contributed by atoms with van der Waals surface area (Å²) >= 11 is 11.7. The van der Waals surface area contributed by atoms with Crippen LogP contribution in [0.25, 0.3) is 0 Å². The third-order valence-corrected chi connectivity index (χ3v) is 3.71. The van der Waals surface area contributed by atoms with E-state index >= 15 is 0 Å². The Balaban J connectivity index is 2.00. The second-order valence-electron chi connectivity index (χ2n) is 4.78. The van der Waals surface area contributed by atoms with Crippen LogP contribution in [0.5, 0.6) is 0 Å². The average molecular weight is 361 g/mol. The van der Waals surface area contributed by atoms with Gasteiger partial charge in [-0.1, -0.05) is 23.2 Å². The number of aromatic nitrogens is 3. The number of amides is 2. The van der Waals surface area contributed by atoms with Gasteiger partial charge in [0.1, 0.15) is 12.7 Å². The first kappa shape index (κ1) is 16.2. The van der Waals surface area contributed by atoms with Crippen LogP contribution < -0.4 is 5.01 Å². The molecule has 0 fully saturated rings. The zero-order valence-corrected chi connectivity index (χ0v) is 13.6. The summed E-state index contributed by atoms with van der Waals surface area (Å²) in [6.45, 7) is 0. The molecule has 3 aromatic rings. The van der Waals surface area contributed by atoms with Gasteiger partial charge >= 0.3 is 0 Å². The maximum absolute atomic E-state index is 12.8. The lowest BCUT2D eigenvalue weighted by Gasteiger charge is -2.20. The molecule has 6 nitrogen and oxygen atoms in total. The van der Waals surface area contributed by atoms with Gasteiger partial charge in [-0.25, -0.2) is 4.68 Å². The van der Waals surface area contributed by atoms with E-state index in [9.17, 15) is 9.59 Å². The van der Waals surface area contributed by atoms with E-state index in [4.69, 9.17) is 23.2 Å². The smallest absolute Gasteiger partial charge is 0.267 e. The minimum atomic E-state index is -0.536. The summed E-state index contributed by atoms with van der Waals surface area (Å²) in [5.74, 6) is -1.07. The average Bonchev–Trinajstić information content (AvgIpc) is 3.10. The van der Waals surface area contributed by atoms with Crippen LogP contribution in [0.2, 0.25) is 10.0 Å². The molecule has 0 radical (unpaired) electrons. The van der Waals surface area contributed by atoms with Crippen molar-refractivity contribution in [3.63, 3.8) is 0 Å². The summed E-state index contributed by atoms with van der Waals surface area (Å²) in [6, 6.07) is 12.5. The zero-order chi connectivity index (χ0) is 17.1. The molecular formula is C16H10Cl2N4O2. The van der Waals surface area contributed by atoms with E-state index in [2.05, 4.69) is 10.2 Å². The molecule has 1 aromatic heterocycles. The van der Waals surface area contributed by atoms with Crippen LogP contribution in [0, 0.1) is 0 Å². The third-order valence-electron chi connectivity index (χ3n) is 3.20. The molecule has 2 amide bonds. The number of benzene rings is 2. The van der Waals surface area contributed by atoms with E-state index in [1.165, 1.54) is 41.6 Å². The van der Waals surface area contributed by atoms with Gasteiger partial charge in [-0.3, -0.25) is 9.59 Å². The van der Waals surface area contributed by atoms with Crippen molar-refractivity contribution >= 4 is 35.0 Å². The monoisotopic (exact) mass is 360 g/mol. The van der Waals surface area contributed by atoms with Crippen molar-refractivity contribution in [2.75, 3.05) is 5.01 Å². The van der Waals surface area contributed by atoms with Gasteiger partial charge in [0.25, 0.3) is 11.8 Å². The van der Waals surface area contributed by atoms with Gasteiger partial charge in [-0.15, -0.1) is 10.2 Å². The van der Waals surface area contributed by atoms with Crippen LogP contribution in [0.3, 0.4) is 0 Å². The largest absolute Gasteiger partial charge is 0.280 e. The molecule has 2 aromatic carbocycles. The summed E-state index contributed by atoms with van der Waals surface area (Å²) in [5.41, 5.74) is 0.603.